The van der Waals surface area contributed by atoms with Gasteiger partial charge in [-0.1, -0.05) is 47.6 Å². The van der Waals surface area contributed by atoms with Gasteiger partial charge in [0.1, 0.15) is 11.7 Å². The maximum Gasteiger partial charge on any atom is 0.407 e. The maximum absolute atomic E-state index is 12.7. The lowest BCUT2D eigenvalue weighted by Gasteiger charge is -2.18. The minimum atomic E-state index is -0.760. The van der Waals surface area contributed by atoms with Gasteiger partial charge < -0.3 is 19.9 Å². The van der Waals surface area contributed by atoms with E-state index in [-0.39, 0.29) is 19.1 Å². The van der Waals surface area contributed by atoms with Gasteiger partial charge in [-0.25, -0.2) is 4.79 Å². The standard InChI is InChI=1S/C20H21N3O4/c1-2-26-20(25)22-16(12-14-8-4-3-5-9-14)19(24)21-13-17-15-10-6-7-11-18(15)27-23-17/h3-11,16H,2,12-13H2,1H3,(H,21,24)(H,22,25)/t16-/m1/s1. The van der Waals surface area contributed by atoms with Crippen LogP contribution in [0.1, 0.15) is 18.2 Å². The first-order valence-electron chi connectivity index (χ1n) is 8.75. The Morgan fingerprint density at radius 2 is 1.85 bits per heavy atom. The van der Waals surface area contributed by atoms with Gasteiger partial charge in [0.15, 0.2) is 5.58 Å². The maximum atomic E-state index is 12.7. The molecule has 1 aromatic heterocycles. The van der Waals surface area contributed by atoms with Gasteiger partial charge in [-0.2, -0.15) is 0 Å². The molecule has 0 spiro atoms. The highest BCUT2D eigenvalue weighted by Crippen LogP contribution is 2.17. The van der Waals surface area contributed by atoms with Crippen molar-refractivity contribution < 1.29 is 18.8 Å². The number of hydrogen-bond acceptors (Lipinski definition) is 5. The van der Waals surface area contributed by atoms with Crippen molar-refractivity contribution in [3.63, 3.8) is 0 Å². The summed E-state index contributed by atoms with van der Waals surface area (Å²) >= 11 is 0. The Morgan fingerprint density at radius 3 is 2.63 bits per heavy atom. The fourth-order valence-corrected chi connectivity index (χ4v) is 2.73. The number of carbonyl (C=O) groups is 2. The number of rotatable bonds is 7. The Labute approximate surface area is 156 Å². The molecule has 3 aromatic rings. The molecular formula is C20H21N3O4. The molecule has 0 fully saturated rings. The van der Waals surface area contributed by atoms with Crippen LogP contribution in [0.5, 0.6) is 0 Å². The fraction of sp³-hybridized carbons (Fsp3) is 0.250. The predicted molar refractivity (Wildman–Crippen MR) is 99.9 cm³/mol. The molecule has 0 saturated heterocycles. The van der Waals surface area contributed by atoms with Gasteiger partial charge in [-0.05, 0) is 24.6 Å². The third kappa shape index (κ3) is 4.84. The monoisotopic (exact) mass is 367 g/mol. The van der Waals surface area contributed by atoms with E-state index in [0.29, 0.717) is 17.7 Å². The smallest absolute Gasteiger partial charge is 0.407 e. The van der Waals surface area contributed by atoms with Gasteiger partial charge in [0.2, 0.25) is 5.91 Å². The van der Waals surface area contributed by atoms with Crippen LogP contribution in [0.15, 0.2) is 59.1 Å². The Hall–Kier alpha value is -3.35. The number of ether oxygens (including phenoxy) is 1. The fourth-order valence-electron chi connectivity index (χ4n) is 2.73. The molecule has 140 valence electrons. The zero-order valence-electron chi connectivity index (χ0n) is 15.0. The summed E-state index contributed by atoms with van der Waals surface area (Å²) in [6, 6.07) is 16.1. The molecule has 7 nitrogen and oxygen atoms in total. The average Bonchev–Trinajstić information content (AvgIpc) is 3.10. The summed E-state index contributed by atoms with van der Waals surface area (Å²) < 4.78 is 10.2. The van der Waals surface area contributed by atoms with Gasteiger partial charge in [0, 0.05) is 11.8 Å². The van der Waals surface area contributed by atoms with Crippen molar-refractivity contribution in [2.45, 2.75) is 25.9 Å². The SMILES string of the molecule is CCOC(=O)N[C@H](Cc1ccccc1)C(=O)NCc1noc2ccccc12. The van der Waals surface area contributed by atoms with E-state index in [1.54, 1.807) is 6.92 Å². The number of hydrogen-bond donors (Lipinski definition) is 2. The van der Waals surface area contributed by atoms with E-state index < -0.39 is 12.1 Å². The second kappa shape index (κ2) is 8.84. The summed E-state index contributed by atoms with van der Waals surface area (Å²) in [7, 11) is 0. The van der Waals surface area contributed by atoms with Crippen molar-refractivity contribution in [3.8, 4) is 0 Å². The topological polar surface area (TPSA) is 93.5 Å². The van der Waals surface area contributed by atoms with Gasteiger partial charge in [0.05, 0.1) is 13.2 Å². The summed E-state index contributed by atoms with van der Waals surface area (Å²) in [4.78, 5) is 24.5. The molecule has 0 saturated carbocycles. The third-order valence-corrected chi connectivity index (χ3v) is 4.05. The molecule has 0 radical (unpaired) electrons. The first kappa shape index (κ1) is 18.4. The average molecular weight is 367 g/mol. The highest BCUT2D eigenvalue weighted by Gasteiger charge is 2.22. The lowest BCUT2D eigenvalue weighted by atomic mass is 10.1. The second-order valence-electron chi connectivity index (χ2n) is 5.95. The first-order valence-corrected chi connectivity index (χ1v) is 8.75. The van der Waals surface area contributed by atoms with Crippen molar-refractivity contribution in [3.05, 3.63) is 65.9 Å². The van der Waals surface area contributed by atoms with E-state index in [1.807, 2.05) is 54.6 Å². The van der Waals surface area contributed by atoms with Crippen LogP contribution in [0.25, 0.3) is 11.0 Å². The van der Waals surface area contributed by atoms with Crippen molar-refractivity contribution in [1.82, 2.24) is 15.8 Å². The first-order chi connectivity index (χ1) is 13.2. The molecule has 0 aliphatic rings. The van der Waals surface area contributed by atoms with Crippen LogP contribution < -0.4 is 10.6 Å². The zero-order chi connectivity index (χ0) is 19.1. The van der Waals surface area contributed by atoms with E-state index >= 15 is 0 Å². The van der Waals surface area contributed by atoms with Crippen LogP contribution in [-0.4, -0.2) is 29.8 Å². The number of benzene rings is 2. The van der Waals surface area contributed by atoms with Crippen molar-refractivity contribution >= 4 is 23.0 Å². The van der Waals surface area contributed by atoms with Crippen LogP contribution in [0.4, 0.5) is 4.79 Å². The summed E-state index contributed by atoms with van der Waals surface area (Å²) in [6.07, 6.45) is -0.272. The van der Waals surface area contributed by atoms with E-state index in [1.165, 1.54) is 0 Å². The Morgan fingerprint density at radius 1 is 1.11 bits per heavy atom. The summed E-state index contributed by atoms with van der Waals surface area (Å²) in [6.45, 7) is 2.14. The lowest BCUT2D eigenvalue weighted by molar-refractivity contribution is -0.123. The Bertz CT molecular complexity index is 908. The van der Waals surface area contributed by atoms with Crippen LogP contribution in [-0.2, 0) is 22.5 Å². The van der Waals surface area contributed by atoms with Crippen LogP contribution in [0.2, 0.25) is 0 Å². The molecule has 2 aromatic carbocycles. The van der Waals surface area contributed by atoms with E-state index in [4.69, 9.17) is 9.26 Å². The molecule has 2 N–H and O–H groups in total. The molecule has 2 amide bonds. The van der Waals surface area contributed by atoms with Crippen molar-refractivity contribution in [1.29, 1.82) is 0 Å². The molecular weight excluding hydrogens is 346 g/mol. The normalized spacial score (nSPS) is 11.7. The van der Waals surface area contributed by atoms with Gasteiger partial charge in [-0.3, -0.25) is 4.79 Å². The molecule has 1 atom stereocenters. The largest absolute Gasteiger partial charge is 0.450 e. The van der Waals surface area contributed by atoms with E-state index in [0.717, 1.165) is 10.9 Å². The molecule has 0 aliphatic carbocycles. The second-order valence-corrected chi connectivity index (χ2v) is 5.95. The lowest BCUT2D eigenvalue weighted by Crippen LogP contribution is -2.48. The van der Waals surface area contributed by atoms with Gasteiger partial charge >= 0.3 is 6.09 Å². The highest BCUT2D eigenvalue weighted by atomic mass is 16.5. The summed E-state index contributed by atoms with van der Waals surface area (Å²) in [5, 5.41) is 10.3. The van der Waals surface area contributed by atoms with E-state index in [9.17, 15) is 9.59 Å². The van der Waals surface area contributed by atoms with Crippen LogP contribution >= 0.6 is 0 Å². The number of fused-ring (bicyclic) bond motifs is 1. The molecule has 27 heavy (non-hydrogen) atoms. The minimum Gasteiger partial charge on any atom is -0.450 e. The zero-order valence-corrected chi connectivity index (χ0v) is 15.0. The number of aromatic nitrogens is 1. The third-order valence-electron chi connectivity index (χ3n) is 4.05. The molecule has 0 unspecified atom stereocenters. The predicted octanol–water partition coefficient (Wildman–Crippen LogP) is 2.80. The number of carbonyl (C=O) groups excluding carboxylic acids is 2. The molecule has 0 aliphatic heterocycles. The molecule has 1 heterocycles. The van der Waals surface area contributed by atoms with E-state index in [2.05, 4.69) is 15.8 Å². The Balaban J connectivity index is 1.68. The number of para-hydroxylation sites is 1. The van der Waals surface area contributed by atoms with Crippen molar-refractivity contribution in [2.24, 2.45) is 0 Å². The Kier molecular flexibility index (Phi) is 6.04. The number of nitrogens with zero attached hydrogens (tertiary/aromatic N) is 1. The highest BCUT2D eigenvalue weighted by molar-refractivity contribution is 5.86. The quantitative estimate of drug-likeness (QED) is 0.670. The minimum absolute atomic E-state index is 0.200. The number of amides is 2. The molecule has 0 bridgehead atoms. The number of nitrogens with one attached hydrogen (secondary N) is 2. The summed E-state index contributed by atoms with van der Waals surface area (Å²) in [5.74, 6) is -0.320. The molecule has 7 heteroatoms. The van der Waals surface area contributed by atoms with Crippen LogP contribution in [0, 0.1) is 0 Å². The van der Waals surface area contributed by atoms with Gasteiger partial charge in [-0.15, -0.1) is 0 Å². The summed E-state index contributed by atoms with van der Waals surface area (Å²) in [5.41, 5.74) is 2.22. The molecule has 3 rings (SSSR count). The van der Waals surface area contributed by atoms with Crippen molar-refractivity contribution in [2.75, 3.05) is 6.61 Å². The number of alkyl carbamates (subject to hydrolysis) is 1. The van der Waals surface area contributed by atoms with Gasteiger partial charge in [0.25, 0.3) is 0 Å². The van der Waals surface area contributed by atoms with Crippen LogP contribution in [0.3, 0.4) is 0 Å².